The summed E-state index contributed by atoms with van der Waals surface area (Å²) in [7, 11) is 1.68. The summed E-state index contributed by atoms with van der Waals surface area (Å²) >= 11 is 0. The highest BCUT2D eigenvalue weighted by Crippen LogP contribution is 2.26. The first kappa shape index (κ1) is 11.6. The predicted molar refractivity (Wildman–Crippen MR) is 65.8 cm³/mol. The molecule has 0 N–H and O–H groups in total. The Morgan fingerprint density at radius 3 is 2.88 bits per heavy atom. The molecule has 0 saturated heterocycles. The highest BCUT2D eigenvalue weighted by atomic mass is 16.5. The van der Waals surface area contributed by atoms with E-state index in [0.717, 1.165) is 17.4 Å². The van der Waals surface area contributed by atoms with Crippen LogP contribution in [0, 0.1) is 25.2 Å². The van der Waals surface area contributed by atoms with Crippen LogP contribution in [0.25, 0.3) is 10.9 Å². The number of rotatable bonds is 3. The monoisotopic (exact) mass is 229 g/mol. The summed E-state index contributed by atoms with van der Waals surface area (Å²) < 4.78 is 7.22. The molecule has 4 heteroatoms. The van der Waals surface area contributed by atoms with Crippen molar-refractivity contribution in [3.63, 3.8) is 0 Å². The van der Waals surface area contributed by atoms with Gasteiger partial charge in [0.25, 0.3) is 0 Å². The molecule has 0 amide bonds. The van der Waals surface area contributed by atoms with Crippen LogP contribution in [0.2, 0.25) is 0 Å². The van der Waals surface area contributed by atoms with Crippen molar-refractivity contribution in [2.75, 3.05) is 13.7 Å². The molecule has 17 heavy (non-hydrogen) atoms. The molecule has 0 spiro atoms. The minimum atomic E-state index is 0.481. The second-order valence-corrected chi connectivity index (χ2v) is 4.02. The van der Waals surface area contributed by atoms with E-state index < -0.39 is 0 Å². The maximum Gasteiger partial charge on any atom is 0.164 e. The van der Waals surface area contributed by atoms with Crippen molar-refractivity contribution in [1.29, 1.82) is 5.26 Å². The number of nitrogens with zero attached hydrogens (tertiary/aromatic N) is 3. The Labute approximate surface area is 100 Å². The first-order chi connectivity index (χ1) is 8.20. The molecule has 4 nitrogen and oxygen atoms in total. The molecule has 0 atom stereocenters. The van der Waals surface area contributed by atoms with Crippen LogP contribution in [-0.4, -0.2) is 23.3 Å². The van der Waals surface area contributed by atoms with Crippen molar-refractivity contribution in [2.45, 2.75) is 20.4 Å². The van der Waals surface area contributed by atoms with Crippen molar-refractivity contribution < 1.29 is 4.74 Å². The number of pyridine rings is 1. The molecule has 2 rings (SSSR count). The van der Waals surface area contributed by atoms with E-state index in [-0.39, 0.29) is 0 Å². The number of methoxy groups -OCH3 is 1. The van der Waals surface area contributed by atoms with Gasteiger partial charge in [0.1, 0.15) is 6.07 Å². The lowest BCUT2D eigenvalue weighted by Crippen LogP contribution is -2.07. The smallest absolute Gasteiger partial charge is 0.164 e. The van der Waals surface area contributed by atoms with Crippen LogP contribution < -0.4 is 0 Å². The normalized spacial score (nSPS) is 10.7. The van der Waals surface area contributed by atoms with Gasteiger partial charge in [-0.1, -0.05) is 0 Å². The second-order valence-electron chi connectivity index (χ2n) is 4.02. The molecule has 0 aliphatic heterocycles. The molecule has 0 bridgehead atoms. The average molecular weight is 229 g/mol. The fraction of sp³-hybridized carbons (Fsp3) is 0.385. The zero-order valence-corrected chi connectivity index (χ0v) is 10.3. The summed E-state index contributed by atoms with van der Waals surface area (Å²) in [4.78, 5) is 4.13. The van der Waals surface area contributed by atoms with E-state index in [1.54, 1.807) is 13.3 Å². The Balaban J connectivity index is 2.72. The van der Waals surface area contributed by atoms with E-state index in [1.165, 1.54) is 11.3 Å². The third kappa shape index (κ3) is 1.79. The van der Waals surface area contributed by atoms with Crippen LogP contribution in [-0.2, 0) is 11.3 Å². The Bertz CT molecular complexity index is 593. The van der Waals surface area contributed by atoms with Crippen molar-refractivity contribution in [1.82, 2.24) is 9.55 Å². The summed E-state index contributed by atoms with van der Waals surface area (Å²) in [5, 5.41) is 10.2. The van der Waals surface area contributed by atoms with Gasteiger partial charge in [0.2, 0.25) is 0 Å². The van der Waals surface area contributed by atoms with Gasteiger partial charge in [0.05, 0.1) is 12.1 Å². The summed E-state index contributed by atoms with van der Waals surface area (Å²) in [6.45, 7) is 5.51. The Hall–Kier alpha value is -1.86. The molecule has 2 heterocycles. The van der Waals surface area contributed by atoms with Gasteiger partial charge >= 0.3 is 0 Å². The molecule has 0 aliphatic rings. The summed E-state index contributed by atoms with van der Waals surface area (Å²) in [6, 6.07) is 4.11. The number of aromatic nitrogens is 2. The lowest BCUT2D eigenvalue weighted by Gasteiger charge is -2.07. The molecule has 0 fully saturated rings. The third-order valence-electron chi connectivity index (χ3n) is 3.17. The van der Waals surface area contributed by atoms with Gasteiger partial charge in [-0.3, -0.25) is 0 Å². The molecular weight excluding hydrogens is 214 g/mol. The third-order valence-corrected chi connectivity index (χ3v) is 3.17. The van der Waals surface area contributed by atoms with Crippen LogP contribution in [0.4, 0.5) is 0 Å². The molecule has 0 unspecified atom stereocenters. The van der Waals surface area contributed by atoms with Gasteiger partial charge in [-0.2, -0.15) is 5.26 Å². The molecule has 0 radical (unpaired) electrons. The minimum Gasteiger partial charge on any atom is -0.383 e. The number of fused-ring (bicyclic) bond motifs is 1. The Morgan fingerprint density at radius 2 is 2.24 bits per heavy atom. The molecule has 0 saturated carbocycles. The quantitative estimate of drug-likeness (QED) is 0.810. The molecule has 2 aromatic heterocycles. The second kappa shape index (κ2) is 4.56. The van der Waals surface area contributed by atoms with Crippen LogP contribution in [0.1, 0.15) is 17.0 Å². The number of hydrogen-bond acceptors (Lipinski definition) is 3. The average Bonchev–Trinajstić information content (AvgIpc) is 2.60. The lowest BCUT2D eigenvalue weighted by molar-refractivity contribution is 0.188. The van der Waals surface area contributed by atoms with E-state index in [9.17, 15) is 0 Å². The van der Waals surface area contributed by atoms with Crippen molar-refractivity contribution >= 4 is 10.9 Å². The maximum absolute atomic E-state index is 9.13. The highest BCUT2D eigenvalue weighted by Gasteiger charge is 2.14. The van der Waals surface area contributed by atoms with Gasteiger partial charge in [-0.05, 0) is 25.5 Å². The van der Waals surface area contributed by atoms with Gasteiger partial charge in [-0.15, -0.1) is 0 Å². The molecule has 0 aliphatic carbocycles. The van der Waals surface area contributed by atoms with Gasteiger partial charge < -0.3 is 9.30 Å². The first-order valence-corrected chi connectivity index (χ1v) is 5.54. The summed E-state index contributed by atoms with van der Waals surface area (Å²) in [5.74, 6) is 0. The predicted octanol–water partition coefficient (Wildman–Crippen LogP) is 2.17. The molecular formula is C13H15N3O. The number of aryl methyl sites for hydroxylation is 1. The van der Waals surface area contributed by atoms with E-state index in [1.807, 2.05) is 6.07 Å². The topological polar surface area (TPSA) is 50.8 Å². The van der Waals surface area contributed by atoms with Crippen molar-refractivity contribution in [2.24, 2.45) is 0 Å². The van der Waals surface area contributed by atoms with Crippen LogP contribution in [0.3, 0.4) is 0 Å². The summed E-state index contributed by atoms with van der Waals surface area (Å²) in [5.41, 5.74) is 3.77. The van der Waals surface area contributed by atoms with Crippen LogP contribution in [0.5, 0.6) is 0 Å². The minimum absolute atomic E-state index is 0.481. The van der Waals surface area contributed by atoms with Crippen LogP contribution >= 0.6 is 0 Å². The Kier molecular flexibility index (Phi) is 3.12. The SMILES string of the molecule is COCCn1c(C)c(C)c2ccnc(C#N)c21. The Morgan fingerprint density at radius 1 is 1.47 bits per heavy atom. The molecule has 2 aromatic rings. The fourth-order valence-corrected chi connectivity index (χ4v) is 2.14. The lowest BCUT2D eigenvalue weighted by atomic mass is 10.2. The van der Waals surface area contributed by atoms with Gasteiger partial charge in [0, 0.05) is 30.9 Å². The standard InChI is InChI=1S/C13H15N3O/c1-9-10(2)16(6-7-17-3)13-11(9)4-5-15-12(13)8-14/h4-5H,6-7H2,1-3H3. The highest BCUT2D eigenvalue weighted by molar-refractivity contribution is 5.88. The van der Waals surface area contributed by atoms with Crippen molar-refractivity contribution in [3.8, 4) is 6.07 Å². The van der Waals surface area contributed by atoms with Gasteiger partial charge in [0.15, 0.2) is 5.69 Å². The zero-order chi connectivity index (χ0) is 12.4. The van der Waals surface area contributed by atoms with Gasteiger partial charge in [-0.25, -0.2) is 4.98 Å². The molecule has 0 aromatic carbocycles. The number of hydrogen-bond donors (Lipinski definition) is 0. The van der Waals surface area contributed by atoms with E-state index in [4.69, 9.17) is 10.00 Å². The van der Waals surface area contributed by atoms with Crippen LogP contribution in [0.15, 0.2) is 12.3 Å². The van der Waals surface area contributed by atoms with E-state index >= 15 is 0 Å². The van der Waals surface area contributed by atoms with E-state index in [2.05, 4.69) is 29.5 Å². The number of ether oxygens (including phenoxy) is 1. The zero-order valence-electron chi connectivity index (χ0n) is 10.3. The van der Waals surface area contributed by atoms with Crippen molar-refractivity contribution in [3.05, 3.63) is 29.2 Å². The molecule has 88 valence electrons. The van der Waals surface area contributed by atoms with E-state index in [0.29, 0.717) is 12.3 Å². The fourth-order valence-electron chi connectivity index (χ4n) is 2.14. The summed E-state index contributed by atoms with van der Waals surface area (Å²) in [6.07, 6.45) is 1.69. The largest absolute Gasteiger partial charge is 0.383 e. The maximum atomic E-state index is 9.13. The first-order valence-electron chi connectivity index (χ1n) is 5.54. The number of nitriles is 1.